The molecule has 20 heavy (non-hydrogen) atoms. The van der Waals surface area contributed by atoms with E-state index in [2.05, 4.69) is 11.0 Å². The van der Waals surface area contributed by atoms with Crippen LogP contribution in [-0.4, -0.2) is 29.4 Å². The van der Waals surface area contributed by atoms with Crippen molar-refractivity contribution in [3.63, 3.8) is 0 Å². The smallest absolute Gasteiger partial charge is 0.0992 e. The van der Waals surface area contributed by atoms with Gasteiger partial charge in [0.1, 0.15) is 0 Å². The minimum atomic E-state index is -0.583. The highest BCUT2D eigenvalue weighted by molar-refractivity contribution is 5.59. The highest BCUT2D eigenvalue weighted by Gasteiger charge is 2.25. The van der Waals surface area contributed by atoms with Crippen LogP contribution in [0.1, 0.15) is 49.8 Å². The topological polar surface area (TPSA) is 67.5 Å². The Hall–Kier alpha value is -1.57. The summed E-state index contributed by atoms with van der Waals surface area (Å²) in [5.74, 6) is 0. The molecule has 1 atom stereocenters. The van der Waals surface area contributed by atoms with Crippen LogP contribution in [0.5, 0.6) is 0 Å². The molecule has 0 radical (unpaired) electrons. The van der Waals surface area contributed by atoms with E-state index in [1.54, 1.807) is 13.0 Å². The Kier molecular flexibility index (Phi) is 4.99. The SMILES string of the molecule is C[C@H](O)c1ccc(C#N)cc1N(CCO)C1CCCC1. The van der Waals surface area contributed by atoms with Gasteiger partial charge < -0.3 is 15.1 Å². The second-order valence-electron chi connectivity index (χ2n) is 5.42. The molecule has 1 saturated carbocycles. The lowest BCUT2D eigenvalue weighted by atomic mass is 10.0. The fourth-order valence-corrected chi connectivity index (χ4v) is 3.04. The maximum Gasteiger partial charge on any atom is 0.0992 e. The summed E-state index contributed by atoms with van der Waals surface area (Å²) in [6, 6.07) is 7.93. The van der Waals surface area contributed by atoms with Crippen LogP contribution >= 0.6 is 0 Å². The molecular weight excluding hydrogens is 252 g/mol. The maximum atomic E-state index is 9.96. The third kappa shape index (κ3) is 3.12. The van der Waals surface area contributed by atoms with Crippen molar-refractivity contribution in [1.29, 1.82) is 5.26 Å². The molecule has 1 aromatic carbocycles. The molecular formula is C16H22N2O2. The van der Waals surface area contributed by atoms with Gasteiger partial charge in [-0.3, -0.25) is 0 Å². The van der Waals surface area contributed by atoms with Crippen LogP contribution in [0.15, 0.2) is 18.2 Å². The second-order valence-corrected chi connectivity index (χ2v) is 5.42. The van der Waals surface area contributed by atoms with E-state index < -0.39 is 6.10 Å². The van der Waals surface area contributed by atoms with Crippen molar-refractivity contribution in [2.24, 2.45) is 0 Å². The van der Waals surface area contributed by atoms with E-state index in [1.807, 2.05) is 12.1 Å². The molecule has 4 nitrogen and oxygen atoms in total. The molecule has 0 spiro atoms. The Balaban J connectivity index is 2.41. The predicted molar refractivity (Wildman–Crippen MR) is 78.5 cm³/mol. The van der Waals surface area contributed by atoms with Crippen molar-refractivity contribution in [3.05, 3.63) is 29.3 Å². The van der Waals surface area contributed by atoms with Crippen LogP contribution in [0.4, 0.5) is 5.69 Å². The molecule has 1 aliphatic rings. The molecule has 0 amide bonds. The first-order valence-electron chi connectivity index (χ1n) is 7.27. The zero-order chi connectivity index (χ0) is 14.5. The average molecular weight is 274 g/mol. The molecule has 0 saturated heterocycles. The summed E-state index contributed by atoms with van der Waals surface area (Å²) in [5, 5.41) is 28.4. The highest BCUT2D eigenvalue weighted by Crippen LogP contribution is 2.33. The number of nitriles is 1. The van der Waals surface area contributed by atoms with Crippen molar-refractivity contribution in [1.82, 2.24) is 0 Å². The van der Waals surface area contributed by atoms with Crippen molar-refractivity contribution >= 4 is 5.69 Å². The Morgan fingerprint density at radius 3 is 2.65 bits per heavy atom. The molecule has 0 unspecified atom stereocenters. The maximum absolute atomic E-state index is 9.96. The lowest BCUT2D eigenvalue weighted by Gasteiger charge is -2.33. The number of aliphatic hydroxyl groups excluding tert-OH is 2. The fourth-order valence-electron chi connectivity index (χ4n) is 3.04. The van der Waals surface area contributed by atoms with E-state index in [1.165, 1.54) is 12.8 Å². The number of nitrogens with zero attached hydrogens (tertiary/aromatic N) is 2. The molecule has 0 bridgehead atoms. The first-order chi connectivity index (χ1) is 9.67. The molecule has 2 rings (SSSR count). The van der Waals surface area contributed by atoms with Gasteiger partial charge >= 0.3 is 0 Å². The van der Waals surface area contributed by atoms with Crippen molar-refractivity contribution in [3.8, 4) is 6.07 Å². The highest BCUT2D eigenvalue weighted by atomic mass is 16.3. The van der Waals surface area contributed by atoms with E-state index in [4.69, 9.17) is 5.26 Å². The predicted octanol–water partition coefficient (Wildman–Crippen LogP) is 2.35. The van der Waals surface area contributed by atoms with Crippen LogP contribution in [0.2, 0.25) is 0 Å². The number of hydrogen-bond acceptors (Lipinski definition) is 4. The Bertz CT molecular complexity index is 488. The van der Waals surface area contributed by atoms with E-state index >= 15 is 0 Å². The summed E-state index contributed by atoms with van der Waals surface area (Å²) in [5.41, 5.74) is 2.30. The number of hydrogen-bond donors (Lipinski definition) is 2. The second kappa shape index (κ2) is 6.74. The lowest BCUT2D eigenvalue weighted by molar-refractivity contribution is 0.199. The number of rotatable bonds is 5. The van der Waals surface area contributed by atoms with Gasteiger partial charge in [0.2, 0.25) is 0 Å². The molecule has 1 fully saturated rings. The summed E-state index contributed by atoms with van der Waals surface area (Å²) >= 11 is 0. The number of anilines is 1. The third-order valence-corrected chi connectivity index (χ3v) is 4.03. The van der Waals surface area contributed by atoms with Gasteiger partial charge in [-0.1, -0.05) is 18.9 Å². The van der Waals surface area contributed by atoms with Crippen LogP contribution < -0.4 is 4.90 Å². The van der Waals surface area contributed by atoms with Gasteiger partial charge in [0.25, 0.3) is 0 Å². The summed E-state index contributed by atoms with van der Waals surface area (Å²) in [6.07, 6.45) is 4.04. The Morgan fingerprint density at radius 2 is 2.10 bits per heavy atom. The van der Waals surface area contributed by atoms with Gasteiger partial charge in [-0.05, 0) is 31.9 Å². The first kappa shape index (κ1) is 14.8. The fraction of sp³-hybridized carbons (Fsp3) is 0.562. The lowest BCUT2D eigenvalue weighted by Crippen LogP contribution is -2.36. The molecule has 0 aliphatic heterocycles. The van der Waals surface area contributed by atoms with Gasteiger partial charge in [0.15, 0.2) is 0 Å². The van der Waals surface area contributed by atoms with E-state index in [-0.39, 0.29) is 6.61 Å². The van der Waals surface area contributed by atoms with E-state index in [9.17, 15) is 10.2 Å². The largest absolute Gasteiger partial charge is 0.395 e. The summed E-state index contributed by atoms with van der Waals surface area (Å²) < 4.78 is 0. The molecule has 2 N–H and O–H groups in total. The molecule has 0 aromatic heterocycles. The van der Waals surface area contributed by atoms with E-state index in [0.717, 1.165) is 24.1 Å². The minimum absolute atomic E-state index is 0.0759. The Morgan fingerprint density at radius 1 is 1.40 bits per heavy atom. The third-order valence-electron chi connectivity index (χ3n) is 4.03. The van der Waals surface area contributed by atoms with Crippen molar-refractivity contribution < 1.29 is 10.2 Å². The minimum Gasteiger partial charge on any atom is -0.395 e. The van der Waals surface area contributed by atoms with Crippen LogP contribution in [-0.2, 0) is 0 Å². The quantitative estimate of drug-likeness (QED) is 0.865. The van der Waals surface area contributed by atoms with Crippen molar-refractivity contribution in [2.75, 3.05) is 18.1 Å². The Labute approximate surface area is 120 Å². The van der Waals surface area contributed by atoms with Gasteiger partial charge in [-0.2, -0.15) is 5.26 Å². The molecule has 1 aromatic rings. The number of benzene rings is 1. The molecule has 0 heterocycles. The summed E-state index contributed by atoms with van der Waals surface area (Å²) in [4.78, 5) is 2.16. The van der Waals surface area contributed by atoms with Crippen molar-refractivity contribution in [2.45, 2.75) is 44.8 Å². The van der Waals surface area contributed by atoms with Crippen LogP contribution in [0, 0.1) is 11.3 Å². The molecule has 1 aliphatic carbocycles. The zero-order valence-electron chi connectivity index (χ0n) is 11.9. The van der Waals surface area contributed by atoms with Gasteiger partial charge in [0.05, 0.1) is 24.3 Å². The molecule has 4 heteroatoms. The van der Waals surface area contributed by atoms with Gasteiger partial charge in [0, 0.05) is 23.8 Å². The van der Waals surface area contributed by atoms with Gasteiger partial charge in [-0.15, -0.1) is 0 Å². The summed E-state index contributed by atoms with van der Waals surface area (Å²) in [6.45, 7) is 2.35. The average Bonchev–Trinajstić information content (AvgIpc) is 2.97. The normalized spacial score (nSPS) is 16.9. The standard InChI is InChI=1S/C16H22N2O2/c1-12(20)15-7-6-13(11-17)10-16(15)18(8-9-19)14-4-2-3-5-14/h6-7,10,12,14,19-20H,2-5,8-9H2,1H3/t12-/m0/s1. The van der Waals surface area contributed by atoms with E-state index in [0.29, 0.717) is 18.2 Å². The zero-order valence-corrected chi connectivity index (χ0v) is 11.9. The molecule has 108 valence electrons. The van der Waals surface area contributed by atoms with Gasteiger partial charge in [-0.25, -0.2) is 0 Å². The number of aliphatic hydroxyl groups is 2. The first-order valence-corrected chi connectivity index (χ1v) is 7.27. The monoisotopic (exact) mass is 274 g/mol. The van der Waals surface area contributed by atoms with Crippen LogP contribution in [0.3, 0.4) is 0 Å². The summed E-state index contributed by atoms with van der Waals surface area (Å²) in [7, 11) is 0. The van der Waals surface area contributed by atoms with Crippen LogP contribution in [0.25, 0.3) is 0 Å².